The van der Waals surface area contributed by atoms with Crippen molar-refractivity contribution in [1.29, 1.82) is 0 Å². The van der Waals surface area contributed by atoms with Gasteiger partial charge in [0, 0.05) is 18.1 Å². The predicted molar refractivity (Wildman–Crippen MR) is 122 cm³/mol. The van der Waals surface area contributed by atoms with Crippen LogP contribution in [-0.4, -0.2) is 31.2 Å². The summed E-state index contributed by atoms with van der Waals surface area (Å²) in [6.45, 7) is 0.533. The van der Waals surface area contributed by atoms with Crippen molar-refractivity contribution in [3.63, 3.8) is 0 Å². The maximum Gasteiger partial charge on any atom is 0.243 e. The van der Waals surface area contributed by atoms with Crippen LogP contribution >= 0.6 is 11.6 Å². The van der Waals surface area contributed by atoms with E-state index in [1.165, 1.54) is 16.4 Å². The number of sulfonamides is 1. The molecule has 1 heterocycles. The average Bonchev–Trinajstić information content (AvgIpc) is 3.30. The highest BCUT2D eigenvalue weighted by Crippen LogP contribution is 2.27. The van der Waals surface area contributed by atoms with Crippen molar-refractivity contribution >= 4 is 27.5 Å². The number of halogens is 2. The molecule has 32 heavy (non-hydrogen) atoms. The van der Waals surface area contributed by atoms with Crippen LogP contribution in [0.5, 0.6) is 0 Å². The minimum absolute atomic E-state index is 0.0192. The second-order valence-electron chi connectivity index (χ2n) is 7.65. The van der Waals surface area contributed by atoms with Crippen LogP contribution in [0.15, 0.2) is 77.7 Å². The van der Waals surface area contributed by atoms with Crippen molar-refractivity contribution in [3.8, 4) is 11.1 Å². The Balaban J connectivity index is 1.45. The standard InChI is InChI=1S/C24H22ClFN2O3S/c25-20-8-6-18(7-9-20)19-4-1-3-17(15-19)16-27-24(29)23-5-2-14-28(23)32(30,31)22-12-10-21(26)11-13-22/h1,3-4,6-13,15,23H,2,5,14,16H2,(H,27,29)/t23-/m0/s1. The Morgan fingerprint density at radius 2 is 1.75 bits per heavy atom. The van der Waals surface area contributed by atoms with Crippen LogP contribution in [0.25, 0.3) is 11.1 Å². The molecular formula is C24H22ClFN2O3S. The van der Waals surface area contributed by atoms with Crippen LogP contribution in [0.4, 0.5) is 4.39 Å². The summed E-state index contributed by atoms with van der Waals surface area (Å²) < 4.78 is 40.4. The fraction of sp³-hybridized carbons (Fsp3) is 0.208. The Kier molecular flexibility index (Phi) is 6.60. The van der Waals surface area contributed by atoms with Gasteiger partial charge < -0.3 is 5.32 Å². The Morgan fingerprint density at radius 3 is 2.47 bits per heavy atom. The largest absolute Gasteiger partial charge is 0.351 e. The first kappa shape index (κ1) is 22.5. The maximum absolute atomic E-state index is 13.2. The Hall–Kier alpha value is -2.74. The van der Waals surface area contributed by atoms with Crippen LogP contribution in [0.3, 0.4) is 0 Å². The predicted octanol–water partition coefficient (Wildman–Crippen LogP) is 4.62. The van der Waals surface area contributed by atoms with E-state index in [1.807, 2.05) is 48.5 Å². The molecule has 1 aliphatic rings. The SMILES string of the molecule is O=C(NCc1cccc(-c2ccc(Cl)cc2)c1)[C@@H]1CCCN1S(=O)(=O)c1ccc(F)cc1. The lowest BCUT2D eigenvalue weighted by atomic mass is 10.0. The molecule has 1 fully saturated rings. The normalized spacial score (nSPS) is 16.8. The fourth-order valence-corrected chi connectivity index (χ4v) is 5.62. The molecule has 0 spiro atoms. The molecular weight excluding hydrogens is 451 g/mol. The number of amides is 1. The van der Waals surface area contributed by atoms with Gasteiger partial charge in [0.15, 0.2) is 0 Å². The van der Waals surface area contributed by atoms with Crippen LogP contribution in [0, 0.1) is 5.82 Å². The van der Waals surface area contributed by atoms with Gasteiger partial charge in [0.1, 0.15) is 11.9 Å². The van der Waals surface area contributed by atoms with Crippen LogP contribution < -0.4 is 5.32 Å². The summed E-state index contributed by atoms with van der Waals surface area (Å²) >= 11 is 5.96. The number of hydrogen-bond donors (Lipinski definition) is 1. The number of nitrogens with zero attached hydrogens (tertiary/aromatic N) is 1. The monoisotopic (exact) mass is 472 g/mol. The lowest BCUT2D eigenvalue weighted by Crippen LogP contribution is -2.45. The van der Waals surface area contributed by atoms with Crippen molar-refractivity contribution in [2.75, 3.05) is 6.54 Å². The van der Waals surface area contributed by atoms with Crippen molar-refractivity contribution in [3.05, 3.63) is 89.2 Å². The summed E-state index contributed by atoms with van der Waals surface area (Å²) in [6, 6.07) is 19.1. The molecule has 0 aliphatic carbocycles. The molecule has 3 aromatic carbocycles. The maximum atomic E-state index is 13.2. The van der Waals surface area contributed by atoms with Gasteiger partial charge in [-0.05, 0) is 72.0 Å². The molecule has 1 N–H and O–H groups in total. The fourth-order valence-electron chi connectivity index (χ4n) is 3.84. The number of carbonyl (C=O) groups is 1. The van der Waals surface area contributed by atoms with Gasteiger partial charge in [-0.3, -0.25) is 4.79 Å². The van der Waals surface area contributed by atoms with E-state index in [9.17, 15) is 17.6 Å². The molecule has 4 rings (SSSR count). The first-order valence-corrected chi connectivity index (χ1v) is 12.1. The zero-order valence-electron chi connectivity index (χ0n) is 17.2. The number of hydrogen-bond acceptors (Lipinski definition) is 3. The molecule has 0 saturated carbocycles. The Labute approximate surface area is 191 Å². The summed E-state index contributed by atoms with van der Waals surface area (Å²) in [7, 11) is -3.88. The Morgan fingerprint density at radius 1 is 1.03 bits per heavy atom. The quantitative estimate of drug-likeness (QED) is 0.569. The van der Waals surface area contributed by atoms with E-state index in [2.05, 4.69) is 5.32 Å². The lowest BCUT2D eigenvalue weighted by Gasteiger charge is -2.23. The van der Waals surface area contributed by atoms with Gasteiger partial charge >= 0.3 is 0 Å². The second kappa shape index (κ2) is 9.40. The van der Waals surface area contributed by atoms with Gasteiger partial charge in [0.2, 0.25) is 15.9 Å². The zero-order chi connectivity index (χ0) is 22.7. The zero-order valence-corrected chi connectivity index (χ0v) is 18.7. The van der Waals surface area contributed by atoms with Crippen LogP contribution in [0.1, 0.15) is 18.4 Å². The van der Waals surface area contributed by atoms with E-state index in [1.54, 1.807) is 0 Å². The molecule has 0 bridgehead atoms. The van der Waals surface area contributed by atoms with E-state index in [0.717, 1.165) is 28.8 Å². The molecule has 8 heteroatoms. The minimum atomic E-state index is -3.88. The van der Waals surface area contributed by atoms with Crippen molar-refractivity contribution < 1.29 is 17.6 Å². The third-order valence-electron chi connectivity index (χ3n) is 5.50. The molecule has 166 valence electrons. The van der Waals surface area contributed by atoms with E-state index >= 15 is 0 Å². The summed E-state index contributed by atoms with van der Waals surface area (Å²) in [5.74, 6) is -0.856. The van der Waals surface area contributed by atoms with Crippen molar-refractivity contribution in [1.82, 2.24) is 9.62 Å². The average molecular weight is 473 g/mol. The van der Waals surface area contributed by atoms with Crippen LogP contribution in [0.2, 0.25) is 5.02 Å². The van der Waals surface area contributed by atoms with Gasteiger partial charge in [-0.15, -0.1) is 0 Å². The minimum Gasteiger partial charge on any atom is -0.351 e. The first-order valence-electron chi connectivity index (χ1n) is 10.2. The number of nitrogens with one attached hydrogen (secondary N) is 1. The van der Waals surface area contributed by atoms with Gasteiger partial charge in [0.05, 0.1) is 4.90 Å². The molecule has 0 aromatic heterocycles. The summed E-state index contributed by atoms with van der Waals surface area (Å²) in [5.41, 5.74) is 2.90. The van der Waals surface area contributed by atoms with Gasteiger partial charge in [-0.25, -0.2) is 12.8 Å². The lowest BCUT2D eigenvalue weighted by molar-refractivity contribution is -0.124. The number of rotatable bonds is 6. The third-order valence-corrected chi connectivity index (χ3v) is 7.67. The van der Waals surface area contributed by atoms with E-state index in [-0.39, 0.29) is 23.9 Å². The first-order chi connectivity index (χ1) is 15.3. The molecule has 5 nitrogen and oxygen atoms in total. The summed E-state index contributed by atoms with van der Waals surface area (Å²) in [6.07, 6.45) is 1.03. The second-order valence-corrected chi connectivity index (χ2v) is 9.98. The molecule has 0 unspecified atom stereocenters. The Bertz CT molecular complexity index is 1210. The third kappa shape index (κ3) is 4.85. The van der Waals surface area contributed by atoms with E-state index < -0.39 is 21.9 Å². The molecule has 1 aliphatic heterocycles. The summed E-state index contributed by atoms with van der Waals surface area (Å²) in [5, 5.41) is 3.53. The number of benzene rings is 3. The van der Waals surface area contributed by atoms with Gasteiger partial charge in [0.25, 0.3) is 0 Å². The van der Waals surface area contributed by atoms with E-state index in [0.29, 0.717) is 17.9 Å². The highest BCUT2D eigenvalue weighted by Gasteiger charge is 2.39. The smallest absolute Gasteiger partial charge is 0.243 e. The topological polar surface area (TPSA) is 66.5 Å². The highest BCUT2D eigenvalue weighted by molar-refractivity contribution is 7.89. The molecule has 1 amide bonds. The molecule has 1 atom stereocenters. The van der Waals surface area contributed by atoms with Gasteiger partial charge in [-0.2, -0.15) is 4.31 Å². The van der Waals surface area contributed by atoms with Crippen molar-refractivity contribution in [2.45, 2.75) is 30.3 Å². The van der Waals surface area contributed by atoms with Crippen molar-refractivity contribution in [2.24, 2.45) is 0 Å². The summed E-state index contributed by atoms with van der Waals surface area (Å²) in [4.78, 5) is 12.8. The molecule has 1 saturated heterocycles. The molecule has 0 radical (unpaired) electrons. The van der Waals surface area contributed by atoms with Crippen LogP contribution in [-0.2, 0) is 21.4 Å². The van der Waals surface area contributed by atoms with Gasteiger partial charge in [-0.1, -0.05) is 41.9 Å². The highest BCUT2D eigenvalue weighted by atomic mass is 35.5. The van der Waals surface area contributed by atoms with E-state index in [4.69, 9.17) is 11.6 Å². The number of carbonyl (C=O) groups excluding carboxylic acids is 1. The molecule has 3 aromatic rings.